The van der Waals surface area contributed by atoms with Crippen LogP contribution >= 0.6 is 11.6 Å². The van der Waals surface area contributed by atoms with Crippen LogP contribution in [0.3, 0.4) is 0 Å². The number of fused-ring (bicyclic) bond motifs is 1. The van der Waals surface area contributed by atoms with Crippen LogP contribution in [0.5, 0.6) is 5.75 Å². The fourth-order valence-corrected chi connectivity index (χ4v) is 2.41. The molecule has 0 aliphatic carbocycles. The molecule has 0 radical (unpaired) electrons. The number of nitrogens with zero attached hydrogens (tertiary/aromatic N) is 2. The highest BCUT2D eigenvalue weighted by atomic mass is 35.5. The number of ether oxygens (including phenoxy) is 1. The number of methoxy groups -OCH3 is 1. The van der Waals surface area contributed by atoms with E-state index in [0.717, 1.165) is 27.9 Å². The Kier molecular flexibility index (Phi) is 3.62. The molecule has 0 aliphatic heterocycles. The summed E-state index contributed by atoms with van der Waals surface area (Å²) in [5.41, 5.74) is 2.78. The van der Waals surface area contributed by atoms with Gasteiger partial charge >= 0.3 is 0 Å². The number of nitrogens with one attached hydrogen (secondary N) is 1. The SMILES string of the molecule is COc1ccc(Nc2nc(Cl)nc3ccccc23)cc1C. The molecule has 1 aromatic heterocycles. The van der Waals surface area contributed by atoms with Crippen LogP contribution in [0.15, 0.2) is 42.5 Å². The number of aryl methyl sites for hydroxylation is 1. The first-order chi connectivity index (χ1) is 10.2. The molecule has 0 spiro atoms. The first-order valence-electron chi connectivity index (χ1n) is 6.51. The molecule has 3 aromatic rings. The van der Waals surface area contributed by atoms with E-state index in [-0.39, 0.29) is 5.28 Å². The summed E-state index contributed by atoms with van der Waals surface area (Å²) in [6.07, 6.45) is 0. The third-order valence-corrected chi connectivity index (χ3v) is 3.40. The zero-order valence-corrected chi connectivity index (χ0v) is 12.5. The van der Waals surface area contributed by atoms with Gasteiger partial charge in [-0.15, -0.1) is 0 Å². The number of halogens is 1. The number of rotatable bonds is 3. The Bertz CT molecular complexity index is 805. The van der Waals surface area contributed by atoms with Gasteiger partial charge in [-0.3, -0.25) is 0 Å². The zero-order chi connectivity index (χ0) is 14.8. The van der Waals surface area contributed by atoms with Gasteiger partial charge in [0.05, 0.1) is 12.6 Å². The lowest BCUT2D eigenvalue weighted by Gasteiger charge is -2.11. The van der Waals surface area contributed by atoms with Crippen LogP contribution in [0, 0.1) is 6.92 Å². The molecule has 0 aliphatic rings. The van der Waals surface area contributed by atoms with Gasteiger partial charge < -0.3 is 10.1 Å². The Morgan fingerprint density at radius 3 is 2.67 bits per heavy atom. The van der Waals surface area contributed by atoms with Crippen molar-refractivity contribution < 1.29 is 4.74 Å². The summed E-state index contributed by atoms with van der Waals surface area (Å²) in [4.78, 5) is 8.50. The predicted octanol–water partition coefficient (Wildman–Crippen LogP) is 4.34. The van der Waals surface area contributed by atoms with Crippen LogP contribution in [0.1, 0.15) is 5.56 Å². The van der Waals surface area contributed by atoms with Crippen LogP contribution in [-0.2, 0) is 0 Å². The van der Waals surface area contributed by atoms with E-state index in [2.05, 4.69) is 15.3 Å². The Morgan fingerprint density at radius 1 is 1.10 bits per heavy atom. The Hall–Kier alpha value is -2.33. The van der Waals surface area contributed by atoms with Crippen LogP contribution < -0.4 is 10.1 Å². The summed E-state index contributed by atoms with van der Waals surface area (Å²) >= 11 is 5.99. The van der Waals surface area contributed by atoms with E-state index in [9.17, 15) is 0 Å². The van der Waals surface area contributed by atoms with Crippen molar-refractivity contribution in [3.8, 4) is 5.75 Å². The minimum absolute atomic E-state index is 0.224. The van der Waals surface area contributed by atoms with Crippen molar-refractivity contribution in [2.75, 3.05) is 12.4 Å². The van der Waals surface area contributed by atoms with E-state index >= 15 is 0 Å². The molecule has 3 rings (SSSR count). The third-order valence-electron chi connectivity index (χ3n) is 3.23. The first-order valence-corrected chi connectivity index (χ1v) is 6.89. The molecular formula is C16H14ClN3O. The van der Waals surface area contributed by atoms with E-state index in [1.54, 1.807) is 7.11 Å². The summed E-state index contributed by atoms with van der Waals surface area (Å²) in [6, 6.07) is 13.6. The number of anilines is 2. The third kappa shape index (κ3) is 2.76. The van der Waals surface area contributed by atoms with Gasteiger partial charge in [0, 0.05) is 11.1 Å². The molecule has 106 valence electrons. The van der Waals surface area contributed by atoms with E-state index in [4.69, 9.17) is 16.3 Å². The molecule has 0 amide bonds. The van der Waals surface area contributed by atoms with Crippen molar-refractivity contribution in [3.05, 3.63) is 53.3 Å². The van der Waals surface area contributed by atoms with Gasteiger partial charge in [-0.2, -0.15) is 4.98 Å². The molecule has 0 saturated heterocycles. The lowest BCUT2D eigenvalue weighted by molar-refractivity contribution is 0.412. The summed E-state index contributed by atoms with van der Waals surface area (Å²) < 4.78 is 5.27. The highest BCUT2D eigenvalue weighted by Crippen LogP contribution is 2.27. The zero-order valence-electron chi connectivity index (χ0n) is 11.7. The Labute approximate surface area is 127 Å². The molecule has 0 unspecified atom stereocenters. The fourth-order valence-electron chi connectivity index (χ4n) is 2.24. The van der Waals surface area contributed by atoms with Gasteiger partial charge in [0.25, 0.3) is 0 Å². The van der Waals surface area contributed by atoms with Crippen molar-refractivity contribution in [1.82, 2.24) is 9.97 Å². The largest absolute Gasteiger partial charge is 0.496 e. The van der Waals surface area contributed by atoms with Crippen LogP contribution in [0.4, 0.5) is 11.5 Å². The molecule has 0 saturated carbocycles. The Balaban J connectivity index is 2.03. The summed E-state index contributed by atoms with van der Waals surface area (Å²) in [7, 11) is 1.66. The van der Waals surface area contributed by atoms with Crippen molar-refractivity contribution in [2.24, 2.45) is 0 Å². The van der Waals surface area contributed by atoms with Gasteiger partial charge in [0.2, 0.25) is 5.28 Å². The number of aromatic nitrogens is 2. The van der Waals surface area contributed by atoms with Gasteiger partial charge in [0.15, 0.2) is 0 Å². The number of hydrogen-bond donors (Lipinski definition) is 1. The molecular weight excluding hydrogens is 286 g/mol. The molecule has 5 heteroatoms. The summed E-state index contributed by atoms with van der Waals surface area (Å²) in [6.45, 7) is 2.00. The molecule has 0 atom stereocenters. The van der Waals surface area contributed by atoms with Crippen molar-refractivity contribution in [2.45, 2.75) is 6.92 Å². The maximum Gasteiger partial charge on any atom is 0.224 e. The fraction of sp³-hybridized carbons (Fsp3) is 0.125. The van der Waals surface area contributed by atoms with E-state index in [1.807, 2.05) is 49.4 Å². The van der Waals surface area contributed by atoms with Crippen LogP contribution in [-0.4, -0.2) is 17.1 Å². The normalized spacial score (nSPS) is 10.6. The van der Waals surface area contributed by atoms with Crippen molar-refractivity contribution in [1.29, 1.82) is 0 Å². The highest BCUT2D eigenvalue weighted by molar-refractivity contribution is 6.28. The second-order valence-corrected chi connectivity index (χ2v) is 5.01. The minimum atomic E-state index is 0.224. The smallest absolute Gasteiger partial charge is 0.224 e. The number of benzene rings is 2. The van der Waals surface area contributed by atoms with Crippen LogP contribution in [0.25, 0.3) is 10.9 Å². The molecule has 2 aromatic carbocycles. The molecule has 4 nitrogen and oxygen atoms in total. The standard InChI is InChI=1S/C16H14ClN3O/c1-10-9-11(7-8-14(10)21-2)18-15-12-5-3-4-6-13(12)19-16(17)20-15/h3-9H,1-2H3,(H,18,19,20). The molecule has 1 heterocycles. The van der Waals surface area contributed by atoms with E-state index in [1.165, 1.54) is 0 Å². The second-order valence-electron chi connectivity index (χ2n) is 4.67. The van der Waals surface area contributed by atoms with E-state index < -0.39 is 0 Å². The van der Waals surface area contributed by atoms with Crippen LogP contribution in [0.2, 0.25) is 5.28 Å². The monoisotopic (exact) mass is 299 g/mol. The molecule has 1 N–H and O–H groups in total. The quantitative estimate of drug-likeness (QED) is 0.731. The van der Waals surface area contributed by atoms with E-state index in [0.29, 0.717) is 5.82 Å². The summed E-state index contributed by atoms with van der Waals surface area (Å²) in [5.74, 6) is 1.54. The van der Waals surface area contributed by atoms with Gasteiger partial charge in [-0.1, -0.05) is 12.1 Å². The lowest BCUT2D eigenvalue weighted by Crippen LogP contribution is -1.98. The van der Waals surface area contributed by atoms with Crippen molar-refractivity contribution in [3.63, 3.8) is 0 Å². The minimum Gasteiger partial charge on any atom is -0.496 e. The molecule has 0 fully saturated rings. The molecule has 21 heavy (non-hydrogen) atoms. The average molecular weight is 300 g/mol. The average Bonchev–Trinajstić information content (AvgIpc) is 2.47. The highest BCUT2D eigenvalue weighted by Gasteiger charge is 2.07. The summed E-state index contributed by atoms with van der Waals surface area (Å²) in [5, 5.41) is 4.44. The predicted molar refractivity (Wildman–Crippen MR) is 85.6 cm³/mol. The van der Waals surface area contributed by atoms with Gasteiger partial charge in [0.1, 0.15) is 11.6 Å². The van der Waals surface area contributed by atoms with Gasteiger partial charge in [-0.05, 0) is 54.4 Å². The Morgan fingerprint density at radius 2 is 1.90 bits per heavy atom. The second kappa shape index (κ2) is 5.58. The number of hydrogen-bond acceptors (Lipinski definition) is 4. The lowest BCUT2D eigenvalue weighted by atomic mass is 10.2. The maximum atomic E-state index is 5.99. The maximum absolute atomic E-state index is 5.99. The first kappa shape index (κ1) is 13.6. The van der Waals surface area contributed by atoms with Gasteiger partial charge in [-0.25, -0.2) is 4.98 Å². The number of para-hydroxylation sites is 1. The molecule has 0 bridgehead atoms. The topological polar surface area (TPSA) is 47.0 Å². The van der Waals surface area contributed by atoms with Crippen molar-refractivity contribution >= 4 is 34.0 Å².